The van der Waals surface area contributed by atoms with Crippen molar-refractivity contribution < 1.29 is 9.90 Å². The fraction of sp³-hybridized carbons (Fsp3) is 0.364. The van der Waals surface area contributed by atoms with Crippen LogP contribution in [-0.4, -0.2) is 15.0 Å². The van der Waals surface area contributed by atoms with Crippen molar-refractivity contribution >= 4 is 16.9 Å². The van der Waals surface area contributed by atoms with Gasteiger partial charge < -0.3 is 5.11 Å². The van der Waals surface area contributed by atoms with Crippen LogP contribution in [0.3, 0.4) is 0 Å². The summed E-state index contributed by atoms with van der Waals surface area (Å²) in [5.41, 5.74) is 1.04. The largest absolute Gasteiger partial charge is 0.510 e. The molecule has 0 spiro atoms. The van der Waals surface area contributed by atoms with Crippen LogP contribution < -0.4 is 0 Å². The zero-order chi connectivity index (χ0) is 10.8. The van der Waals surface area contributed by atoms with Crippen molar-refractivity contribution in [3.05, 3.63) is 35.6 Å². The van der Waals surface area contributed by atoms with Crippen LogP contribution >= 0.6 is 11.8 Å². The molecule has 0 fully saturated rings. The molecule has 1 heterocycles. The number of aliphatic hydroxyl groups is 1. The van der Waals surface area contributed by atoms with E-state index < -0.39 is 4.75 Å². The molecule has 0 aromatic rings. The zero-order valence-electron chi connectivity index (χ0n) is 8.57. The molecule has 76 valence electrons. The molecule has 1 rings (SSSR count). The summed E-state index contributed by atoms with van der Waals surface area (Å²) < 4.78 is -0.583. The first-order chi connectivity index (χ1) is 6.48. The number of hydrogen-bond acceptors (Lipinski definition) is 3. The average molecular weight is 210 g/mol. The Kier molecular flexibility index (Phi) is 3.21. The smallest absolute Gasteiger partial charge is 0.216 e. The minimum absolute atomic E-state index is 0.0884. The highest BCUT2D eigenvalue weighted by molar-refractivity contribution is 8.15. The molecule has 0 radical (unpaired) electrons. The quantitative estimate of drug-likeness (QED) is 0.712. The lowest BCUT2D eigenvalue weighted by atomic mass is 10.0. The number of carbonyl (C=O) groups is 1. The highest BCUT2D eigenvalue weighted by Crippen LogP contribution is 2.40. The van der Waals surface area contributed by atoms with Crippen LogP contribution in [0.15, 0.2) is 35.6 Å². The lowest BCUT2D eigenvalue weighted by Crippen LogP contribution is -2.17. The number of allylic oxidation sites excluding steroid dienone is 3. The number of rotatable bonds is 2. The standard InChI is InChI=1S/C11H14O2S/c1-4-5-8(2)7-11(3)9(12)6-10(13)14-11/h4-7,12H,1-3H3. The summed E-state index contributed by atoms with van der Waals surface area (Å²) in [5, 5.41) is 9.50. The average Bonchev–Trinajstić information content (AvgIpc) is 2.25. The van der Waals surface area contributed by atoms with Crippen molar-refractivity contribution in [3.8, 4) is 0 Å². The minimum atomic E-state index is -0.583. The Morgan fingerprint density at radius 3 is 2.71 bits per heavy atom. The van der Waals surface area contributed by atoms with E-state index in [4.69, 9.17) is 0 Å². The van der Waals surface area contributed by atoms with Gasteiger partial charge in [0.15, 0.2) is 0 Å². The van der Waals surface area contributed by atoms with Crippen molar-refractivity contribution in [2.45, 2.75) is 25.5 Å². The van der Waals surface area contributed by atoms with E-state index in [9.17, 15) is 9.90 Å². The molecule has 1 aliphatic rings. The van der Waals surface area contributed by atoms with Gasteiger partial charge in [-0.25, -0.2) is 0 Å². The Morgan fingerprint density at radius 2 is 2.29 bits per heavy atom. The topological polar surface area (TPSA) is 37.3 Å². The number of aliphatic hydroxyl groups excluding tert-OH is 1. The molecule has 1 atom stereocenters. The third kappa shape index (κ3) is 2.29. The molecule has 0 aliphatic carbocycles. The van der Waals surface area contributed by atoms with Gasteiger partial charge in [0, 0.05) is 6.08 Å². The predicted molar refractivity (Wildman–Crippen MR) is 60.3 cm³/mol. The highest BCUT2D eigenvalue weighted by atomic mass is 32.2. The molecule has 0 bridgehead atoms. The van der Waals surface area contributed by atoms with Gasteiger partial charge in [-0.2, -0.15) is 0 Å². The van der Waals surface area contributed by atoms with Gasteiger partial charge in [-0.05, 0) is 20.8 Å². The lowest BCUT2D eigenvalue weighted by molar-refractivity contribution is -0.106. The normalized spacial score (nSPS) is 28.6. The Labute approximate surface area is 88.4 Å². The summed E-state index contributed by atoms with van der Waals surface area (Å²) in [4.78, 5) is 11.1. The Bertz CT molecular complexity index is 339. The molecular formula is C11H14O2S. The SMILES string of the molecule is CC=CC(C)=CC1(C)SC(=O)C=C1O. The molecule has 1 aliphatic heterocycles. The van der Waals surface area contributed by atoms with Crippen molar-refractivity contribution in [1.82, 2.24) is 0 Å². The van der Waals surface area contributed by atoms with Gasteiger partial charge in [0.1, 0.15) is 5.76 Å². The molecule has 0 saturated heterocycles. The van der Waals surface area contributed by atoms with Gasteiger partial charge in [-0.3, -0.25) is 4.79 Å². The molecule has 1 unspecified atom stereocenters. The maximum absolute atomic E-state index is 11.1. The van der Waals surface area contributed by atoms with E-state index in [2.05, 4.69) is 0 Å². The van der Waals surface area contributed by atoms with Crippen LogP contribution in [0, 0.1) is 0 Å². The second-order valence-corrected chi connectivity index (χ2v) is 4.90. The Balaban J connectivity index is 2.94. The van der Waals surface area contributed by atoms with Gasteiger partial charge in [0.25, 0.3) is 0 Å². The fourth-order valence-electron chi connectivity index (χ4n) is 1.39. The van der Waals surface area contributed by atoms with E-state index in [0.717, 1.165) is 17.3 Å². The fourth-order valence-corrected chi connectivity index (χ4v) is 2.39. The van der Waals surface area contributed by atoms with Crippen LogP contribution in [0.2, 0.25) is 0 Å². The van der Waals surface area contributed by atoms with Crippen LogP contribution in [0.5, 0.6) is 0 Å². The van der Waals surface area contributed by atoms with Crippen molar-refractivity contribution in [1.29, 1.82) is 0 Å². The maximum atomic E-state index is 11.1. The van der Waals surface area contributed by atoms with Crippen LogP contribution in [-0.2, 0) is 4.79 Å². The number of thioether (sulfide) groups is 1. The third-order valence-electron chi connectivity index (χ3n) is 2.01. The highest BCUT2D eigenvalue weighted by Gasteiger charge is 2.36. The van der Waals surface area contributed by atoms with Crippen molar-refractivity contribution in [2.24, 2.45) is 0 Å². The number of hydrogen-bond donors (Lipinski definition) is 1. The van der Waals surface area contributed by atoms with Crippen LogP contribution in [0.25, 0.3) is 0 Å². The molecule has 3 heteroatoms. The molecule has 14 heavy (non-hydrogen) atoms. The minimum Gasteiger partial charge on any atom is -0.510 e. The van der Waals surface area contributed by atoms with Gasteiger partial charge in [0.05, 0.1) is 4.75 Å². The Hall–Kier alpha value is -0.960. The van der Waals surface area contributed by atoms with E-state index in [1.54, 1.807) is 0 Å². The molecule has 0 aromatic carbocycles. The summed E-state index contributed by atoms with van der Waals surface area (Å²) in [6, 6.07) is 0. The molecule has 0 saturated carbocycles. The second kappa shape index (κ2) is 4.05. The summed E-state index contributed by atoms with van der Waals surface area (Å²) in [7, 11) is 0. The van der Waals surface area contributed by atoms with E-state index in [-0.39, 0.29) is 10.9 Å². The van der Waals surface area contributed by atoms with Crippen LogP contribution in [0.1, 0.15) is 20.8 Å². The van der Waals surface area contributed by atoms with Gasteiger partial charge in [0.2, 0.25) is 5.12 Å². The maximum Gasteiger partial charge on any atom is 0.216 e. The second-order valence-electron chi connectivity index (χ2n) is 3.45. The summed E-state index contributed by atoms with van der Waals surface area (Å²) in [6.45, 7) is 5.71. The Morgan fingerprint density at radius 1 is 1.64 bits per heavy atom. The first-order valence-corrected chi connectivity index (χ1v) is 5.26. The van der Waals surface area contributed by atoms with Gasteiger partial charge in [-0.15, -0.1) is 0 Å². The first-order valence-electron chi connectivity index (χ1n) is 4.44. The molecular weight excluding hydrogens is 196 g/mol. The lowest BCUT2D eigenvalue weighted by Gasteiger charge is -2.18. The molecule has 0 amide bonds. The van der Waals surface area contributed by atoms with E-state index in [0.29, 0.717) is 0 Å². The van der Waals surface area contributed by atoms with Crippen LogP contribution in [0.4, 0.5) is 0 Å². The third-order valence-corrected chi connectivity index (χ3v) is 3.08. The van der Waals surface area contributed by atoms with E-state index in [1.165, 1.54) is 6.08 Å². The summed E-state index contributed by atoms with van der Waals surface area (Å²) >= 11 is 1.14. The van der Waals surface area contributed by atoms with Gasteiger partial charge >= 0.3 is 0 Å². The molecule has 1 N–H and O–H groups in total. The predicted octanol–water partition coefficient (Wildman–Crippen LogP) is 2.98. The zero-order valence-corrected chi connectivity index (χ0v) is 9.39. The first kappa shape index (κ1) is 11.1. The van der Waals surface area contributed by atoms with Gasteiger partial charge in [-0.1, -0.05) is 35.6 Å². The molecule has 0 aromatic heterocycles. The number of carbonyl (C=O) groups excluding carboxylic acids is 1. The van der Waals surface area contributed by atoms with Crippen molar-refractivity contribution in [2.75, 3.05) is 0 Å². The molecule has 2 nitrogen and oxygen atoms in total. The van der Waals surface area contributed by atoms with E-state index in [1.807, 2.05) is 39.0 Å². The van der Waals surface area contributed by atoms with Crippen molar-refractivity contribution in [3.63, 3.8) is 0 Å². The monoisotopic (exact) mass is 210 g/mol. The van der Waals surface area contributed by atoms with E-state index >= 15 is 0 Å². The summed E-state index contributed by atoms with van der Waals surface area (Å²) in [5.74, 6) is 0.136. The summed E-state index contributed by atoms with van der Waals surface area (Å²) in [6.07, 6.45) is 7.05.